The summed E-state index contributed by atoms with van der Waals surface area (Å²) < 4.78 is 58.0. The zero-order valence-electron chi connectivity index (χ0n) is 15.3. The van der Waals surface area contributed by atoms with Gasteiger partial charge in [0.1, 0.15) is 28.9 Å². The van der Waals surface area contributed by atoms with Gasteiger partial charge in [0.2, 0.25) is 0 Å². The average Bonchev–Trinajstić information content (AvgIpc) is 2.64. The lowest BCUT2D eigenvalue weighted by atomic mass is 10.2. The molecule has 0 aliphatic carbocycles. The maximum atomic E-state index is 14.1. The number of halogens is 2. The quantitative estimate of drug-likeness (QED) is 0.499. The van der Waals surface area contributed by atoms with Crippen molar-refractivity contribution >= 4 is 51.5 Å². The average molecular weight is 472 g/mol. The van der Waals surface area contributed by atoms with Gasteiger partial charge in [0.15, 0.2) is 0 Å². The Balaban J connectivity index is 1.99. The van der Waals surface area contributed by atoms with E-state index in [2.05, 4.69) is 27.7 Å². The number of phosphoric acid groups is 1. The molecule has 0 saturated heterocycles. The molecule has 0 radical (unpaired) electrons. The summed E-state index contributed by atoms with van der Waals surface area (Å²) in [4.78, 5) is 0. The number of para-hydroxylation sites is 1. The summed E-state index contributed by atoms with van der Waals surface area (Å²) in [5.41, 5.74) is 0.410. The highest BCUT2D eigenvalue weighted by Gasteiger charge is 2.34. The van der Waals surface area contributed by atoms with E-state index in [1.54, 1.807) is 37.3 Å². The molecule has 3 rings (SSSR count). The molecule has 0 spiro atoms. The second-order valence-electron chi connectivity index (χ2n) is 6.06. The van der Waals surface area contributed by atoms with Crippen LogP contribution in [0, 0.1) is 18.6 Å². The maximum absolute atomic E-state index is 14.1. The summed E-state index contributed by atoms with van der Waals surface area (Å²) >= 11 is 0. The minimum Gasteiger partial charge on any atom is -0.386 e. The summed E-state index contributed by atoms with van der Waals surface area (Å²) in [6.07, 6.45) is 0. The Morgan fingerprint density at radius 3 is 1.83 bits per heavy atom. The highest BCUT2D eigenvalue weighted by atomic mass is 31.2. The molecule has 0 aromatic heterocycles. The summed E-state index contributed by atoms with van der Waals surface area (Å²) in [6.45, 7) is 1.60. The molecule has 0 N–H and O–H groups in total. The number of benzene rings is 3. The highest BCUT2D eigenvalue weighted by Crippen LogP contribution is 2.49. The summed E-state index contributed by atoms with van der Waals surface area (Å²) in [6, 6.07) is 13.3. The van der Waals surface area contributed by atoms with E-state index in [9.17, 15) is 13.3 Å². The fourth-order valence-electron chi connectivity index (χ4n) is 2.32. The van der Waals surface area contributed by atoms with E-state index >= 15 is 0 Å². The predicted molar refractivity (Wildman–Crippen MR) is 122 cm³/mol. The highest BCUT2D eigenvalue weighted by molar-refractivity contribution is 7.49. The van der Waals surface area contributed by atoms with Crippen LogP contribution in [0.2, 0.25) is 0 Å². The van der Waals surface area contributed by atoms with Crippen LogP contribution in [-0.4, -0.2) is 0 Å². The first-order valence-corrected chi connectivity index (χ1v) is 11.5. The van der Waals surface area contributed by atoms with Gasteiger partial charge >= 0.3 is 7.82 Å². The molecule has 10 heteroatoms. The van der Waals surface area contributed by atoms with Gasteiger partial charge in [-0.3, -0.25) is 0 Å². The smallest absolute Gasteiger partial charge is 0.386 e. The third kappa shape index (κ3) is 5.53. The lowest BCUT2D eigenvalue weighted by Gasteiger charge is -2.20. The zero-order chi connectivity index (χ0) is 21.2. The first-order chi connectivity index (χ1) is 13.7. The van der Waals surface area contributed by atoms with Crippen LogP contribution in [0.5, 0.6) is 17.2 Å². The Hall–Kier alpha value is -1.56. The van der Waals surface area contributed by atoms with Crippen molar-refractivity contribution in [3.8, 4) is 17.2 Å². The van der Waals surface area contributed by atoms with Crippen molar-refractivity contribution < 1.29 is 26.9 Å². The van der Waals surface area contributed by atoms with Crippen molar-refractivity contribution in [3.05, 3.63) is 71.8 Å². The van der Waals surface area contributed by atoms with Crippen LogP contribution in [-0.2, 0) is 4.57 Å². The number of hydrogen-bond donors (Lipinski definition) is 0. The van der Waals surface area contributed by atoms with Gasteiger partial charge in [-0.25, -0.2) is 8.78 Å². The number of rotatable bonds is 6. The second-order valence-corrected chi connectivity index (χ2v) is 9.32. The zero-order valence-corrected chi connectivity index (χ0v) is 19.6. The number of hydrogen-bond acceptors (Lipinski definition) is 4. The molecule has 0 saturated carbocycles. The van der Waals surface area contributed by atoms with Crippen LogP contribution in [0.4, 0.5) is 8.78 Å². The predicted octanol–water partition coefficient (Wildman–Crippen LogP) is 4.42. The Kier molecular flexibility index (Phi) is 6.92. The van der Waals surface area contributed by atoms with Gasteiger partial charge in [-0.2, -0.15) is 4.57 Å². The van der Waals surface area contributed by atoms with E-state index in [4.69, 9.17) is 13.6 Å². The van der Waals surface area contributed by atoms with Crippen LogP contribution < -0.4 is 29.5 Å². The van der Waals surface area contributed by atoms with Crippen molar-refractivity contribution in [2.24, 2.45) is 0 Å². The van der Waals surface area contributed by atoms with Gasteiger partial charge in [0, 0.05) is 17.4 Å². The lowest BCUT2D eigenvalue weighted by Crippen LogP contribution is -2.16. The van der Waals surface area contributed by atoms with E-state index in [1.807, 2.05) is 0 Å². The molecule has 4 atom stereocenters. The van der Waals surface area contributed by atoms with Gasteiger partial charge in [-0.15, -0.1) is 27.7 Å². The van der Waals surface area contributed by atoms with Crippen molar-refractivity contribution in [1.82, 2.24) is 0 Å². The molecule has 29 heavy (non-hydrogen) atoms. The normalized spacial score (nSPS) is 12.9. The SMILES string of the molecule is Cc1c(F)cc(OP(=O)(Oc2ccccc2)Oc2cc(F)c(P)c(P)c2)cc1P. The van der Waals surface area contributed by atoms with E-state index in [0.717, 1.165) is 12.1 Å². The Morgan fingerprint density at radius 2 is 1.28 bits per heavy atom. The van der Waals surface area contributed by atoms with Crippen LogP contribution in [0.1, 0.15) is 5.56 Å². The lowest BCUT2D eigenvalue weighted by molar-refractivity contribution is 0.298. The molecule has 0 aliphatic heterocycles. The molecule has 0 amide bonds. The van der Waals surface area contributed by atoms with E-state index in [-0.39, 0.29) is 17.2 Å². The summed E-state index contributed by atoms with van der Waals surface area (Å²) in [5.74, 6) is -1.01. The van der Waals surface area contributed by atoms with E-state index < -0.39 is 19.5 Å². The fraction of sp³-hybridized carbons (Fsp3) is 0.0526. The molecular formula is C19H18F2O4P4. The minimum atomic E-state index is -4.35. The monoisotopic (exact) mass is 472 g/mol. The third-order valence-corrected chi connectivity index (χ3v) is 7.21. The van der Waals surface area contributed by atoms with Crippen LogP contribution >= 0.6 is 35.5 Å². The molecule has 0 aliphatic rings. The molecular weight excluding hydrogens is 454 g/mol. The van der Waals surface area contributed by atoms with Crippen molar-refractivity contribution in [1.29, 1.82) is 0 Å². The third-order valence-electron chi connectivity index (χ3n) is 3.89. The fourth-order valence-corrected chi connectivity index (χ4v) is 4.31. The van der Waals surface area contributed by atoms with Crippen molar-refractivity contribution in [2.45, 2.75) is 6.92 Å². The van der Waals surface area contributed by atoms with Crippen LogP contribution in [0.15, 0.2) is 54.6 Å². The molecule has 3 aromatic rings. The molecule has 3 aromatic carbocycles. The van der Waals surface area contributed by atoms with Gasteiger partial charge in [0.25, 0.3) is 0 Å². The Labute approximate surface area is 174 Å². The molecule has 4 unspecified atom stereocenters. The molecule has 0 heterocycles. The van der Waals surface area contributed by atoms with Gasteiger partial charge < -0.3 is 13.6 Å². The molecule has 0 bridgehead atoms. The van der Waals surface area contributed by atoms with Crippen molar-refractivity contribution in [2.75, 3.05) is 0 Å². The second kappa shape index (κ2) is 9.07. The topological polar surface area (TPSA) is 44.8 Å². The maximum Gasteiger partial charge on any atom is 0.647 e. The minimum absolute atomic E-state index is 0.0494. The molecule has 0 fully saturated rings. The van der Waals surface area contributed by atoms with Gasteiger partial charge in [-0.05, 0) is 47.4 Å². The first-order valence-electron chi connectivity index (χ1n) is 8.31. The largest absolute Gasteiger partial charge is 0.647 e. The van der Waals surface area contributed by atoms with Gasteiger partial charge in [-0.1, -0.05) is 18.2 Å². The summed E-state index contributed by atoms with van der Waals surface area (Å²) in [7, 11) is 2.64. The van der Waals surface area contributed by atoms with E-state index in [1.165, 1.54) is 12.1 Å². The van der Waals surface area contributed by atoms with E-state index in [0.29, 0.717) is 21.5 Å². The summed E-state index contributed by atoms with van der Waals surface area (Å²) in [5, 5.41) is 1.34. The van der Waals surface area contributed by atoms with Crippen LogP contribution in [0.3, 0.4) is 0 Å². The standard InChI is InChI=1S/C19H18F2O4P4/c1-11-15(20)7-13(9-17(11)26)24-29(22,23-12-5-3-2-4-6-12)25-14-8-16(21)19(28)18(27)10-14/h2-10H,26-28H2,1H3. The van der Waals surface area contributed by atoms with Gasteiger partial charge in [0.05, 0.1) is 0 Å². The Bertz CT molecular complexity index is 983. The number of phosphoric ester groups is 1. The molecule has 152 valence electrons. The van der Waals surface area contributed by atoms with Crippen molar-refractivity contribution in [3.63, 3.8) is 0 Å². The van der Waals surface area contributed by atoms with Crippen LogP contribution in [0.25, 0.3) is 0 Å². The first kappa shape index (κ1) is 22.1. The Morgan fingerprint density at radius 1 is 0.759 bits per heavy atom. The molecule has 4 nitrogen and oxygen atoms in total.